The van der Waals surface area contributed by atoms with Gasteiger partial charge in [-0.25, -0.2) is 4.39 Å². The standard InChI is InChI=1S/C18H17FN2O3/c1-23-17-10-12(2-9-16(17)24-18(22)13-3-4-13)11-20-21-15-7-5-14(19)6-8-15/h2,5-11,13,21H,3-4H2,1H3/b20-11-. The van der Waals surface area contributed by atoms with Crippen LogP contribution in [0.2, 0.25) is 0 Å². The van der Waals surface area contributed by atoms with Gasteiger partial charge < -0.3 is 9.47 Å². The van der Waals surface area contributed by atoms with Crippen molar-refractivity contribution in [2.75, 3.05) is 12.5 Å². The summed E-state index contributed by atoms with van der Waals surface area (Å²) in [7, 11) is 1.52. The lowest BCUT2D eigenvalue weighted by atomic mass is 10.2. The van der Waals surface area contributed by atoms with E-state index >= 15 is 0 Å². The second-order valence-electron chi connectivity index (χ2n) is 5.48. The van der Waals surface area contributed by atoms with Crippen LogP contribution in [0.3, 0.4) is 0 Å². The molecule has 5 nitrogen and oxygen atoms in total. The Morgan fingerprint density at radius 3 is 2.62 bits per heavy atom. The molecule has 1 fully saturated rings. The molecule has 0 amide bonds. The van der Waals surface area contributed by atoms with Crippen molar-refractivity contribution >= 4 is 17.9 Å². The average Bonchev–Trinajstić information content (AvgIpc) is 3.43. The van der Waals surface area contributed by atoms with Crippen LogP contribution in [0.25, 0.3) is 0 Å². The van der Waals surface area contributed by atoms with Crippen molar-refractivity contribution in [3.63, 3.8) is 0 Å². The van der Waals surface area contributed by atoms with Gasteiger partial charge in [-0.05, 0) is 60.9 Å². The van der Waals surface area contributed by atoms with E-state index in [1.54, 1.807) is 36.5 Å². The minimum absolute atomic E-state index is 0.0239. The Bertz CT molecular complexity index is 755. The highest BCUT2D eigenvalue weighted by atomic mass is 19.1. The van der Waals surface area contributed by atoms with Gasteiger partial charge >= 0.3 is 5.97 Å². The monoisotopic (exact) mass is 328 g/mol. The van der Waals surface area contributed by atoms with Crippen molar-refractivity contribution < 1.29 is 18.7 Å². The summed E-state index contributed by atoms with van der Waals surface area (Å²) in [6.45, 7) is 0. The number of anilines is 1. The third kappa shape index (κ3) is 4.10. The first-order valence-corrected chi connectivity index (χ1v) is 7.60. The smallest absolute Gasteiger partial charge is 0.314 e. The maximum Gasteiger partial charge on any atom is 0.314 e. The summed E-state index contributed by atoms with van der Waals surface area (Å²) in [6, 6.07) is 11.1. The number of hydrogen-bond donors (Lipinski definition) is 1. The summed E-state index contributed by atoms with van der Waals surface area (Å²) in [4.78, 5) is 11.7. The van der Waals surface area contributed by atoms with E-state index in [2.05, 4.69) is 10.5 Å². The molecule has 1 aliphatic rings. The average molecular weight is 328 g/mol. The van der Waals surface area contributed by atoms with Crippen molar-refractivity contribution in [3.8, 4) is 11.5 Å². The zero-order chi connectivity index (χ0) is 16.9. The molecule has 6 heteroatoms. The third-order valence-corrected chi connectivity index (χ3v) is 3.56. The van der Waals surface area contributed by atoms with Crippen LogP contribution in [-0.4, -0.2) is 19.3 Å². The van der Waals surface area contributed by atoms with Crippen molar-refractivity contribution in [2.45, 2.75) is 12.8 Å². The van der Waals surface area contributed by atoms with E-state index in [-0.39, 0.29) is 17.7 Å². The van der Waals surface area contributed by atoms with Gasteiger partial charge in [0.1, 0.15) is 5.82 Å². The first-order chi connectivity index (χ1) is 11.7. The van der Waals surface area contributed by atoms with E-state index in [1.165, 1.54) is 19.2 Å². The summed E-state index contributed by atoms with van der Waals surface area (Å²) < 4.78 is 23.4. The molecule has 124 valence electrons. The van der Waals surface area contributed by atoms with Crippen LogP contribution in [-0.2, 0) is 4.79 Å². The van der Waals surface area contributed by atoms with E-state index in [0.29, 0.717) is 17.2 Å². The fourth-order valence-corrected chi connectivity index (χ4v) is 2.07. The Hall–Kier alpha value is -2.89. The van der Waals surface area contributed by atoms with Gasteiger partial charge in [0.05, 0.1) is 24.9 Å². The molecule has 0 spiro atoms. The van der Waals surface area contributed by atoms with Gasteiger partial charge in [-0.2, -0.15) is 5.10 Å². The molecule has 2 aromatic rings. The summed E-state index contributed by atoms with van der Waals surface area (Å²) in [6.07, 6.45) is 3.38. The zero-order valence-electron chi connectivity index (χ0n) is 13.2. The summed E-state index contributed by atoms with van der Waals surface area (Å²) in [5, 5.41) is 4.09. The molecule has 0 unspecified atom stereocenters. The number of rotatable bonds is 6. The molecule has 0 heterocycles. The van der Waals surface area contributed by atoms with Crippen LogP contribution >= 0.6 is 0 Å². The molecular weight excluding hydrogens is 311 g/mol. The Morgan fingerprint density at radius 1 is 1.21 bits per heavy atom. The summed E-state index contributed by atoms with van der Waals surface area (Å²) in [5.74, 6) is 0.377. The quantitative estimate of drug-likeness (QED) is 0.381. The van der Waals surface area contributed by atoms with Crippen molar-refractivity contribution in [3.05, 3.63) is 53.8 Å². The SMILES string of the molecule is COc1cc(/C=N\Nc2ccc(F)cc2)ccc1OC(=O)C1CC1. The topological polar surface area (TPSA) is 59.9 Å². The fraction of sp³-hybridized carbons (Fsp3) is 0.222. The minimum atomic E-state index is -0.300. The number of benzene rings is 2. The Labute approximate surface area is 139 Å². The van der Waals surface area contributed by atoms with Gasteiger partial charge in [-0.1, -0.05) is 0 Å². The highest BCUT2D eigenvalue weighted by Crippen LogP contribution is 2.34. The van der Waals surface area contributed by atoms with Crippen molar-refractivity contribution in [1.82, 2.24) is 0 Å². The lowest BCUT2D eigenvalue weighted by Crippen LogP contribution is -2.10. The van der Waals surface area contributed by atoms with E-state index in [0.717, 1.165) is 18.4 Å². The van der Waals surface area contributed by atoms with Crippen molar-refractivity contribution in [2.24, 2.45) is 11.0 Å². The fourth-order valence-electron chi connectivity index (χ4n) is 2.07. The molecular formula is C18H17FN2O3. The van der Waals surface area contributed by atoms with E-state index in [1.807, 2.05) is 0 Å². The third-order valence-electron chi connectivity index (χ3n) is 3.56. The Kier molecular flexibility index (Phi) is 4.74. The number of nitrogens with one attached hydrogen (secondary N) is 1. The second kappa shape index (κ2) is 7.12. The lowest BCUT2D eigenvalue weighted by Gasteiger charge is -2.09. The molecule has 0 radical (unpaired) electrons. The molecule has 24 heavy (non-hydrogen) atoms. The number of carbonyl (C=O) groups is 1. The number of esters is 1. The molecule has 0 saturated heterocycles. The largest absolute Gasteiger partial charge is 0.493 e. The van der Waals surface area contributed by atoms with Crippen molar-refractivity contribution in [1.29, 1.82) is 0 Å². The van der Waals surface area contributed by atoms with Crippen LogP contribution in [0.1, 0.15) is 18.4 Å². The first kappa shape index (κ1) is 16.0. The highest BCUT2D eigenvalue weighted by Gasteiger charge is 2.32. The van der Waals surface area contributed by atoms with E-state index < -0.39 is 0 Å². The molecule has 0 atom stereocenters. The molecule has 1 saturated carbocycles. The van der Waals surface area contributed by atoms with E-state index in [4.69, 9.17) is 9.47 Å². The number of methoxy groups -OCH3 is 1. The molecule has 1 aliphatic carbocycles. The van der Waals surface area contributed by atoms with Crippen LogP contribution in [0.4, 0.5) is 10.1 Å². The van der Waals surface area contributed by atoms with Gasteiger partial charge in [0.2, 0.25) is 0 Å². The highest BCUT2D eigenvalue weighted by molar-refractivity contribution is 5.82. The van der Waals surface area contributed by atoms with Crippen LogP contribution < -0.4 is 14.9 Å². The number of halogens is 1. The van der Waals surface area contributed by atoms with Crippen LogP contribution in [0, 0.1) is 11.7 Å². The number of carbonyl (C=O) groups excluding carboxylic acids is 1. The normalized spacial score (nSPS) is 13.8. The maximum absolute atomic E-state index is 12.8. The maximum atomic E-state index is 12.8. The zero-order valence-corrected chi connectivity index (χ0v) is 13.2. The summed E-state index contributed by atoms with van der Waals surface area (Å²) >= 11 is 0. The predicted molar refractivity (Wildman–Crippen MR) is 89.0 cm³/mol. The number of hydrazone groups is 1. The molecule has 2 aromatic carbocycles. The molecule has 0 aliphatic heterocycles. The van der Waals surface area contributed by atoms with Gasteiger partial charge in [0.25, 0.3) is 0 Å². The van der Waals surface area contributed by atoms with Gasteiger partial charge in [0, 0.05) is 0 Å². The Balaban J connectivity index is 1.65. The lowest BCUT2D eigenvalue weighted by molar-refractivity contribution is -0.135. The molecule has 3 rings (SSSR count). The van der Waals surface area contributed by atoms with Gasteiger partial charge in [-0.15, -0.1) is 0 Å². The minimum Gasteiger partial charge on any atom is -0.493 e. The number of nitrogens with zero attached hydrogens (tertiary/aromatic N) is 1. The van der Waals surface area contributed by atoms with Crippen LogP contribution in [0.15, 0.2) is 47.6 Å². The van der Waals surface area contributed by atoms with Gasteiger partial charge in [0.15, 0.2) is 11.5 Å². The first-order valence-electron chi connectivity index (χ1n) is 7.60. The second-order valence-corrected chi connectivity index (χ2v) is 5.48. The number of ether oxygens (including phenoxy) is 2. The number of hydrogen-bond acceptors (Lipinski definition) is 5. The molecule has 0 aromatic heterocycles. The molecule has 0 bridgehead atoms. The summed E-state index contributed by atoms with van der Waals surface area (Å²) in [5.41, 5.74) is 4.25. The Morgan fingerprint density at radius 2 is 1.96 bits per heavy atom. The molecule has 1 N–H and O–H groups in total. The van der Waals surface area contributed by atoms with Gasteiger partial charge in [-0.3, -0.25) is 10.2 Å². The van der Waals surface area contributed by atoms with E-state index in [9.17, 15) is 9.18 Å². The van der Waals surface area contributed by atoms with Crippen LogP contribution in [0.5, 0.6) is 11.5 Å². The predicted octanol–water partition coefficient (Wildman–Crippen LogP) is 3.60.